The van der Waals surface area contributed by atoms with E-state index in [0.29, 0.717) is 10.6 Å². The molecule has 0 atom stereocenters. The second-order valence-electron chi connectivity index (χ2n) is 5.59. The van der Waals surface area contributed by atoms with Crippen LogP contribution in [0.25, 0.3) is 16.8 Å². The lowest BCUT2D eigenvalue weighted by atomic mass is 10.1. The van der Waals surface area contributed by atoms with Gasteiger partial charge in [0.25, 0.3) is 0 Å². The quantitative estimate of drug-likeness (QED) is 0.601. The number of allylic oxidation sites excluding steroid dienone is 1. The fourth-order valence-electron chi connectivity index (χ4n) is 2.57. The van der Waals surface area contributed by atoms with Crippen LogP contribution in [-0.4, -0.2) is 12.1 Å². The van der Waals surface area contributed by atoms with Crippen LogP contribution in [0, 0.1) is 11.3 Å². The lowest BCUT2D eigenvalue weighted by Gasteiger charge is -2.07. The molecule has 26 heavy (non-hydrogen) atoms. The molecule has 0 radical (unpaired) electrons. The number of methoxy groups -OCH3 is 1. The molecule has 0 unspecified atom stereocenters. The van der Waals surface area contributed by atoms with Crippen LogP contribution in [0.4, 0.5) is 5.69 Å². The summed E-state index contributed by atoms with van der Waals surface area (Å²) < 4.78 is 5.26. The highest BCUT2D eigenvalue weighted by atomic mass is 32.1. The van der Waals surface area contributed by atoms with E-state index in [9.17, 15) is 5.26 Å². The van der Waals surface area contributed by atoms with Gasteiger partial charge < -0.3 is 10.1 Å². The first kappa shape index (κ1) is 17.7. The van der Waals surface area contributed by atoms with E-state index in [1.54, 1.807) is 13.3 Å². The molecule has 3 aromatic rings. The Morgan fingerprint density at radius 1 is 1.27 bits per heavy atom. The van der Waals surface area contributed by atoms with Crippen molar-refractivity contribution in [2.24, 2.45) is 0 Å². The van der Waals surface area contributed by atoms with Gasteiger partial charge in [-0.1, -0.05) is 37.3 Å². The number of hydrogen-bond donors (Lipinski definition) is 1. The summed E-state index contributed by atoms with van der Waals surface area (Å²) in [7, 11) is 1.64. The van der Waals surface area contributed by atoms with Crippen molar-refractivity contribution in [3.8, 4) is 23.1 Å². The Balaban J connectivity index is 1.85. The van der Waals surface area contributed by atoms with E-state index >= 15 is 0 Å². The van der Waals surface area contributed by atoms with Gasteiger partial charge in [0.05, 0.1) is 12.8 Å². The molecule has 0 spiro atoms. The topological polar surface area (TPSA) is 57.9 Å². The van der Waals surface area contributed by atoms with Gasteiger partial charge in [0.2, 0.25) is 0 Å². The SMILES string of the molecule is CCc1ccccc1NC=C(C#N)c1nc(-c2cccc(OC)c2)cs1. The molecule has 1 N–H and O–H groups in total. The van der Waals surface area contributed by atoms with Gasteiger partial charge in [-0.3, -0.25) is 0 Å². The zero-order valence-corrected chi connectivity index (χ0v) is 15.5. The van der Waals surface area contributed by atoms with Crippen LogP contribution in [0.1, 0.15) is 17.5 Å². The Morgan fingerprint density at radius 2 is 2.12 bits per heavy atom. The predicted molar refractivity (Wildman–Crippen MR) is 107 cm³/mol. The standard InChI is InChI=1S/C21H19N3OS/c1-3-15-7-4-5-10-19(15)23-13-17(12-22)21-24-20(14-26-21)16-8-6-9-18(11-16)25-2/h4-11,13-14,23H,3H2,1-2H3. The molecule has 0 aliphatic rings. The predicted octanol–water partition coefficient (Wildman–Crippen LogP) is 5.36. The lowest BCUT2D eigenvalue weighted by molar-refractivity contribution is 0.415. The summed E-state index contributed by atoms with van der Waals surface area (Å²) in [6.07, 6.45) is 2.65. The van der Waals surface area contributed by atoms with Gasteiger partial charge in [-0.25, -0.2) is 4.98 Å². The van der Waals surface area contributed by atoms with E-state index in [1.165, 1.54) is 16.9 Å². The average molecular weight is 361 g/mol. The zero-order chi connectivity index (χ0) is 18.4. The number of benzene rings is 2. The number of aromatic nitrogens is 1. The van der Waals surface area contributed by atoms with E-state index in [1.807, 2.05) is 47.8 Å². The van der Waals surface area contributed by atoms with Crippen molar-refractivity contribution in [3.05, 3.63) is 70.7 Å². The van der Waals surface area contributed by atoms with Crippen LogP contribution in [0.5, 0.6) is 5.75 Å². The monoisotopic (exact) mass is 361 g/mol. The second-order valence-corrected chi connectivity index (χ2v) is 6.45. The minimum atomic E-state index is 0.509. The Labute approximate surface area is 157 Å². The fraction of sp³-hybridized carbons (Fsp3) is 0.143. The van der Waals surface area contributed by atoms with Gasteiger partial charge in [0, 0.05) is 22.8 Å². The van der Waals surface area contributed by atoms with E-state index in [0.717, 1.165) is 29.1 Å². The Kier molecular flexibility index (Phi) is 5.67. The van der Waals surface area contributed by atoms with Crippen molar-refractivity contribution < 1.29 is 4.74 Å². The molecule has 1 aromatic heterocycles. The smallest absolute Gasteiger partial charge is 0.136 e. The number of nitriles is 1. The van der Waals surface area contributed by atoms with E-state index < -0.39 is 0 Å². The number of para-hydroxylation sites is 1. The molecular weight excluding hydrogens is 342 g/mol. The van der Waals surface area contributed by atoms with Crippen LogP contribution in [-0.2, 0) is 6.42 Å². The van der Waals surface area contributed by atoms with Crippen LogP contribution in [0.3, 0.4) is 0 Å². The molecule has 0 fully saturated rings. The zero-order valence-electron chi connectivity index (χ0n) is 14.7. The molecule has 0 saturated heterocycles. The maximum atomic E-state index is 9.53. The van der Waals surface area contributed by atoms with Crippen LogP contribution in [0.15, 0.2) is 60.1 Å². The number of ether oxygens (including phenoxy) is 1. The lowest BCUT2D eigenvalue weighted by Crippen LogP contribution is -1.95. The van der Waals surface area contributed by atoms with E-state index in [4.69, 9.17) is 4.74 Å². The van der Waals surface area contributed by atoms with Crippen molar-refractivity contribution >= 4 is 22.6 Å². The molecule has 0 aliphatic carbocycles. The fourth-order valence-corrected chi connectivity index (χ4v) is 3.37. The van der Waals surface area contributed by atoms with Crippen molar-refractivity contribution in [2.45, 2.75) is 13.3 Å². The van der Waals surface area contributed by atoms with Crippen LogP contribution in [0.2, 0.25) is 0 Å². The Morgan fingerprint density at radius 3 is 2.88 bits per heavy atom. The molecule has 3 rings (SSSR count). The Hall–Kier alpha value is -3.10. The van der Waals surface area contributed by atoms with E-state index in [-0.39, 0.29) is 0 Å². The van der Waals surface area contributed by atoms with Crippen molar-refractivity contribution in [1.82, 2.24) is 4.98 Å². The summed E-state index contributed by atoms with van der Waals surface area (Å²) in [5, 5.41) is 15.4. The number of nitrogens with zero attached hydrogens (tertiary/aromatic N) is 2. The molecule has 0 bridgehead atoms. The van der Waals surface area contributed by atoms with Gasteiger partial charge in [0.15, 0.2) is 0 Å². The normalized spacial score (nSPS) is 11.0. The maximum absolute atomic E-state index is 9.53. The molecule has 0 saturated carbocycles. The van der Waals surface area contributed by atoms with Gasteiger partial charge in [-0.15, -0.1) is 11.3 Å². The van der Waals surface area contributed by atoms with Crippen molar-refractivity contribution in [2.75, 3.05) is 12.4 Å². The molecule has 1 heterocycles. The van der Waals surface area contributed by atoms with Gasteiger partial charge in [0.1, 0.15) is 22.4 Å². The van der Waals surface area contributed by atoms with Crippen LogP contribution < -0.4 is 10.1 Å². The third-order valence-electron chi connectivity index (χ3n) is 3.99. The van der Waals surface area contributed by atoms with Crippen molar-refractivity contribution in [3.63, 3.8) is 0 Å². The van der Waals surface area contributed by atoms with E-state index in [2.05, 4.69) is 29.4 Å². The first-order valence-electron chi connectivity index (χ1n) is 8.30. The third-order valence-corrected chi connectivity index (χ3v) is 4.87. The highest BCUT2D eigenvalue weighted by Crippen LogP contribution is 2.28. The van der Waals surface area contributed by atoms with Gasteiger partial charge >= 0.3 is 0 Å². The highest BCUT2D eigenvalue weighted by molar-refractivity contribution is 7.11. The molecule has 2 aromatic carbocycles. The number of thiazole rings is 1. The molecular formula is C21H19N3OS. The van der Waals surface area contributed by atoms with Gasteiger partial charge in [-0.05, 0) is 30.2 Å². The van der Waals surface area contributed by atoms with Gasteiger partial charge in [-0.2, -0.15) is 5.26 Å². The second kappa shape index (κ2) is 8.32. The number of hydrogen-bond acceptors (Lipinski definition) is 5. The number of rotatable bonds is 6. The summed E-state index contributed by atoms with van der Waals surface area (Å²) in [4.78, 5) is 4.61. The van der Waals surface area contributed by atoms with Crippen molar-refractivity contribution in [1.29, 1.82) is 5.26 Å². The molecule has 0 aliphatic heterocycles. The van der Waals surface area contributed by atoms with Crippen LogP contribution >= 0.6 is 11.3 Å². The molecule has 5 heteroatoms. The highest BCUT2D eigenvalue weighted by Gasteiger charge is 2.10. The first-order valence-corrected chi connectivity index (χ1v) is 9.18. The minimum absolute atomic E-state index is 0.509. The first-order chi connectivity index (χ1) is 12.7. The minimum Gasteiger partial charge on any atom is -0.497 e. The molecule has 4 nitrogen and oxygen atoms in total. The summed E-state index contributed by atoms with van der Waals surface area (Å²) in [5.74, 6) is 0.783. The third kappa shape index (κ3) is 3.93. The Bertz CT molecular complexity index is 969. The number of nitrogens with one attached hydrogen (secondary N) is 1. The summed E-state index contributed by atoms with van der Waals surface area (Å²) in [6, 6.07) is 18.0. The summed E-state index contributed by atoms with van der Waals surface area (Å²) in [6.45, 7) is 2.11. The largest absolute Gasteiger partial charge is 0.497 e. The number of aryl methyl sites for hydroxylation is 1. The number of anilines is 1. The summed E-state index contributed by atoms with van der Waals surface area (Å²) >= 11 is 1.45. The molecule has 0 amide bonds. The maximum Gasteiger partial charge on any atom is 0.136 e. The average Bonchev–Trinajstić information content (AvgIpc) is 3.19. The summed E-state index contributed by atoms with van der Waals surface area (Å²) in [5.41, 5.74) is 4.52. The molecule has 130 valence electrons.